The molecule has 6 nitrogen and oxygen atoms in total. The predicted molar refractivity (Wildman–Crippen MR) is 56.3 cm³/mol. The molecule has 0 bridgehead atoms. The second-order valence-corrected chi connectivity index (χ2v) is 3.45. The number of anilines is 1. The number of hydrogen-bond acceptors (Lipinski definition) is 5. The van der Waals surface area contributed by atoms with Crippen LogP contribution in [0.2, 0.25) is 0 Å². The monoisotopic (exact) mass is 207 g/mol. The van der Waals surface area contributed by atoms with Crippen molar-refractivity contribution in [2.75, 3.05) is 12.6 Å². The van der Waals surface area contributed by atoms with E-state index in [0.29, 0.717) is 17.4 Å². The van der Waals surface area contributed by atoms with Crippen LogP contribution in [0.3, 0.4) is 0 Å². The van der Waals surface area contributed by atoms with Crippen molar-refractivity contribution in [2.24, 2.45) is 0 Å². The fraction of sp³-hybridized carbons (Fsp3) is 0.444. The van der Waals surface area contributed by atoms with E-state index in [9.17, 15) is 0 Å². The number of rotatable bonds is 3. The maximum atomic E-state index is 4.82. The van der Waals surface area contributed by atoms with Crippen LogP contribution >= 0.6 is 0 Å². The Morgan fingerprint density at radius 3 is 2.80 bits per heavy atom. The van der Waals surface area contributed by atoms with Gasteiger partial charge in [-0.15, -0.1) is 0 Å². The highest BCUT2D eigenvalue weighted by molar-refractivity contribution is 5.82. The fourth-order valence-electron chi connectivity index (χ4n) is 1.40. The van der Waals surface area contributed by atoms with Crippen LogP contribution in [-0.4, -0.2) is 26.6 Å². The third-order valence-electron chi connectivity index (χ3n) is 2.11. The minimum Gasteiger partial charge on any atom is -0.313 e. The molecule has 2 rings (SSSR count). The average molecular weight is 207 g/mol. The largest absolute Gasteiger partial charge is 0.313 e. The Hall–Kier alpha value is -1.69. The molecule has 0 aliphatic carbocycles. The molecule has 2 heterocycles. The van der Waals surface area contributed by atoms with E-state index >= 15 is 0 Å². The maximum absolute atomic E-state index is 4.82. The zero-order chi connectivity index (χ0) is 10.8. The molecule has 0 aliphatic heterocycles. The van der Waals surface area contributed by atoms with Crippen molar-refractivity contribution in [3.63, 3.8) is 0 Å². The summed E-state index contributed by atoms with van der Waals surface area (Å²) in [5.74, 6) is 0.585. The van der Waals surface area contributed by atoms with Gasteiger partial charge in [0.05, 0.1) is 13.4 Å². The first-order valence-corrected chi connectivity index (χ1v) is 4.70. The van der Waals surface area contributed by atoms with Gasteiger partial charge in [-0.1, -0.05) is 0 Å². The van der Waals surface area contributed by atoms with E-state index in [1.165, 1.54) is 13.4 Å². The lowest BCUT2D eigenvalue weighted by Crippen LogP contribution is -2.02. The number of nitrogens with zero attached hydrogens (tertiary/aromatic N) is 4. The number of nitrogens with one attached hydrogen (secondary N) is 1. The van der Waals surface area contributed by atoms with E-state index < -0.39 is 0 Å². The number of fused-ring (bicyclic) bond motifs is 1. The molecule has 1 N–H and O–H groups in total. The Labute approximate surface area is 87.3 Å². The van der Waals surface area contributed by atoms with Gasteiger partial charge in [-0.2, -0.15) is 0 Å². The van der Waals surface area contributed by atoms with Gasteiger partial charge >= 0.3 is 0 Å². The van der Waals surface area contributed by atoms with Crippen LogP contribution in [0.5, 0.6) is 0 Å². The smallest absolute Gasteiger partial charge is 0.181 e. The third-order valence-corrected chi connectivity index (χ3v) is 2.11. The molecule has 0 saturated carbocycles. The Kier molecular flexibility index (Phi) is 2.51. The molecular formula is C9H13N5O. The summed E-state index contributed by atoms with van der Waals surface area (Å²) in [5.41, 5.74) is 4.20. The lowest BCUT2D eigenvalue weighted by atomic mass is 10.4. The molecule has 0 radical (unpaired) electrons. The molecule has 0 atom stereocenters. The molecule has 15 heavy (non-hydrogen) atoms. The van der Waals surface area contributed by atoms with Crippen LogP contribution < -0.4 is 5.48 Å². The van der Waals surface area contributed by atoms with E-state index in [4.69, 9.17) is 4.84 Å². The Bertz CT molecular complexity index is 464. The third kappa shape index (κ3) is 1.63. The highest BCUT2D eigenvalue weighted by atomic mass is 16.6. The lowest BCUT2D eigenvalue weighted by molar-refractivity contribution is 0.269. The summed E-state index contributed by atoms with van der Waals surface area (Å²) in [4.78, 5) is 17.3. The first-order valence-electron chi connectivity index (χ1n) is 4.70. The fourth-order valence-corrected chi connectivity index (χ4v) is 1.40. The van der Waals surface area contributed by atoms with Gasteiger partial charge in [0.2, 0.25) is 0 Å². The lowest BCUT2D eigenvalue weighted by Gasteiger charge is -2.07. The summed E-state index contributed by atoms with van der Waals surface area (Å²) < 4.78 is 1.98. The average Bonchev–Trinajstić information content (AvgIpc) is 2.62. The molecule has 2 aromatic rings. The van der Waals surface area contributed by atoms with E-state index in [0.717, 1.165) is 5.65 Å². The summed E-state index contributed by atoms with van der Waals surface area (Å²) in [6, 6.07) is 0.320. The molecule has 0 aliphatic rings. The minimum absolute atomic E-state index is 0.320. The van der Waals surface area contributed by atoms with E-state index in [2.05, 4.69) is 34.3 Å². The topological polar surface area (TPSA) is 64.9 Å². The van der Waals surface area contributed by atoms with Crippen LogP contribution in [0.15, 0.2) is 12.7 Å². The van der Waals surface area contributed by atoms with Crippen LogP contribution in [-0.2, 0) is 4.84 Å². The molecule has 0 amide bonds. The normalized spacial score (nSPS) is 11.2. The molecule has 0 unspecified atom stereocenters. The van der Waals surface area contributed by atoms with Crippen LogP contribution in [0.25, 0.3) is 11.2 Å². The summed E-state index contributed by atoms with van der Waals surface area (Å²) in [5, 5.41) is 0. The Morgan fingerprint density at radius 1 is 1.33 bits per heavy atom. The van der Waals surface area contributed by atoms with Gasteiger partial charge in [-0.25, -0.2) is 20.4 Å². The molecule has 0 aromatic carbocycles. The SMILES string of the molecule is CONc1ncnc2c1ncn2C(C)C. The summed E-state index contributed by atoms with van der Waals surface area (Å²) >= 11 is 0. The van der Waals surface area contributed by atoms with Crippen molar-refractivity contribution in [1.29, 1.82) is 0 Å². The molecular weight excluding hydrogens is 194 g/mol. The van der Waals surface area contributed by atoms with Gasteiger partial charge in [0.15, 0.2) is 17.0 Å². The number of imidazole rings is 1. The second-order valence-electron chi connectivity index (χ2n) is 3.45. The number of hydrogen-bond donors (Lipinski definition) is 1. The maximum Gasteiger partial charge on any atom is 0.181 e. The van der Waals surface area contributed by atoms with Crippen molar-refractivity contribution in [3.8, 4) is 0 Å². The Morgan fingerprint density at radius 2 is 2.13 bits per heavy atom. The standard InChI is InChI=1S/C9H13N5O/c1-6(2)14-5-12-7-8(13-15-3)10-4-11-9(7)14/h4-6H,1-3H3,(H,10,11,13). The summed E-state index contributed by atoms with van der Waals surface area (Å²) in [7, 11) is 1.54. The van der Waals surface area contributed by atoms with Gasteiger partial charge in [-0.05, 0) is 13.8 Å². The van der Waals surface area contributed by atoms with Crippen LogP contribution in [0.1, 0.15) is 19.9 Å². The summed E-state index contributed by atoms with van der Waals surface area (Å²) in [6.07, 6.45) is 3.25. The van der Waals surface area contributed by atoms with Gasteiger partial charge < -0.3 is 4.57 Å². The molecule has 0 saturated heterocycles. The van der Waals surface area contributed by atoms with Gasteiger partial charge in [0.1, 0.15) is 6.33 Å². The highest BCUT2D eigenvalue weighted by Gasteiger charge is 2.10. The van der Waals surface area contributed by atoms with Crippen molar-refractivity contribution < 1.29 is 4.84 Å². The molecule has 6 heteroatoms. The second kappa shape index (κ2) is 3.82. The predicted octanol–water partition coefficient (Wildman–Crippen LogP) is 1.38. The first kappa shape index (κ1) is 9.85. The van der Waals surface area contributed by atoms with Crippen molar-refractivity contribution >= 4 is 17.0 Å². The Balaban J connectivity index is 2.58. The molecule has 0 fully saturated rings. The van der Waals surface area contributed by atoms with E-state index in [-0.39, 0.29) is 0 Å². The van der Waals surface area contributed by atoms with Crippen molar-refractivity contribution in [2.45, 2.75) is 19.9 Å². The van der Waals surface area contributed by atoms with Crippen LogP contribution in [0, 0.1) is 0 Å². The zero-order valence-corrected chi connectivity index (χ0v) is 8.93. The van der Waals surface area contributed by atoms with Crippen LogP contribution in [0.4, 0.5) is 5.82 Å². The molecule has 80 valence electrons. The van der Waals surface area contributed by atoms with E-state index in [1.54, 1.807) is 6.33 Å². The molecule has 0 spiro atoms. The summed E-state index contributed by atoms with van der Waals surface area (Å²) in [6.45, 7) is 4.15. The van der Waals surface area contributed by atoms with Gasteiger partial charge in [-0.3, -0.25) is 4.84 Å². The quantitative estimate of drug-likeness (QED) is 0.770. The van der Waals surface area contributed by atoms with Crippen molar-refractivity contribution in [3.05, 3.63) is 12.7 Å². The number of aromatic nitrogens is 4. The zero-order valence-electron chi connectivity index (χ0n) is 8.93. The molecule has 2 aromatic heterocycles. The van der Waals surface area contributed by atoms with E-state index in [1.807, 2.05) is 4.57 Å². The van der Waals surface area contributed by atoms with Crippen molar-refractivity contribution in [1.82, 2.24) is 19.5 Å². The van der Waals surface area contributed by atoms with Gasteiger partial charge in [0, 0.05) is 6.04 Å². The highest BCUT2D eigenvalue weighted by Crippen LogP contribution is 2.19. The minimum atomic E-state index is 0.320. The van der Waals surface area contributed by atoms with Gasteiger partial charge in [0.25, 0.3) is 0 Å². The first-order chi connectivity index (χ1) is 7.24.